The number of nitriles is 1. The molecule has 1 unspecified atom stereocenters. The van der Waals surface area contributed by atoms with E-state index in [0.29, 0.717) is 16.3 Å². The minimum Gasteiger partial charge on any atom is -0.319 e. The van der Waals surface area contributed by atoms with Crippen molar-refractivity contribution in [3.05, 3.63) is 62.6 Å². The lowest BCUT2D eigenvalue weighted by molar-refractivity contribution is -0.135. The highest BCUT2D eigenvalue weighted by Crippen LogP contribution is 2.32. The van der Waals surface area contributed by atoms with Crippen LogP contribution in [0.1, 0.15) is 17.0 Å². The Labute approximate surface area is 153 Å². The van der Waals surface area contributed by atoms with Crippen LogP contribution in [0.3, 0.4) is 0 Å². The summed E-state index contributed by atoms with van der Waals surface area (Å²) in [5, 5.41) is 12.6. The van der Waals surface area contributed by atoms with Gasteiger partial charge >= 0.3 is 0 Å². The Bertz CT molecular complexity index is 839. The zero-order chi connectivity index (χ0) is 17.9. The van der Waals surface area contributed by atoms with Crippen LogP contribution < -0.4 is 5.32 Å². The van der Waals surface area contributed by atoms with E-state index in [2.05, 4.69) is 5.32 Å². The number of anilines is 1. The van der Waals surface area contributed by atoms with E-state index in [1.54, 1.807) is 37.3 Å². The molecular weight excluding hydrogens is 371 g/mol. The van der Waals surface area contributed by atoms with E-state index in [1.165, 1.54) is 12.1 Å². The molecule has 0 saturated heterocycles. The van der Waals surface area contributed by atoms with Crippen LogP contribution in [0.5, 0.6) is 0 Å². The number of carbonyl (C=O) groups is 2. The summed E-state index contributed by atoms with van der Waals surface area (Å²) in [5.41, 5.74) is 1.24. The molecule has 0 aliphatic carbocycles. The minimum atomic E-state index is -1.39. The van der Waals surface area contributed by atoms with Gasteiger partial charge in [0.05, 0.1) is 6.07 Å². The Balaban J connectivity index is 2.29. The molecular formula is C17H11Cl3N2O2. The summed E-state index contributed by atoms with van der Waals surface area (Å²) < 4.78 is 0. The van der Waals surface area contributed by atoms with E-state index in [1.807, 2.05) is 0 Å². The highest BCUT2D eigenvalue weighted by molar-refractivity contribution is 6.44. The average molecular weight is 382 g/mol. The molecule has 2 rings (SSSR count). The molecule has 0 aliphatic heterocycles. The molecule has 0 bridgehead atoms. The van der Waals surface area contributed by atoms with Gasteiger partial charge in [0.15, 0.2) is 0 Å². The summed E-state index contributed by atoms with van der Waals surface area (Å²) in [5.74, 6) is -3.26. The molecule has 0 aromatic heterocycles. The maximum atomic E-state index is 12.4. The Morgan fingerprint density at radius 2 is 1.75 bits per heavy atom. The van der Waals surface area contributed by atoms with Gasteiger partial charge in [-0.15, -0.1) is 0 Å². The van der Waals surface area contributed by atoms with Crippen LogP contribution in [0.4, 0.5) is 5.69 Å². The van der Waals surface area contributed by atoms with E-state index >= 15 is 0 Å². The van der Waals surface area contributed by atoms with Gasteiger partial charge in [-0.3, -0.25) is 9.59 Å². The van der Waals surface area contributed by atoms with Crippen LogP contribution in [0, 0.1) is 18.3 Å². The van der Waals surface area contributed by atoms with Gasteiger partial charge in [-0.25, -0.2) is 0 Å². The highest BCUT2D eigenvalue weighted by atomic mass is 35.5. The molecule has 2 aromatic carbocycles. The maximum Gasteiger partial charge on any atom is 0.293 e. The maximum absolute atomic E-state index is 12.4. The molecule has 1 atom stereocenters. The predicted molar refractivity (Wildman–Crippen MR) is 94.6 cm³/mol. The number of aryl methyl sites for hydroxylation is 1. The molecule has 24 heavy (non-hydrogen) atoms. The van der Waals surface area contributed by atoms with Crippen molar-refractivity contribution in [1.82, 2.24) is 0 Å². The lowest BCUT2D eigenvalue weighted by Gasteiger charge is -2.13. The Hall–Kier alpha value is -2.06. The van der Waals surface area contributed by atoms with E-state index in [9.17, 15) is 14.9 Å². The summed E-state index contributed by atoms with van der Waals surface area (Å²) in [7, 11) is 0. The van der Waals surface area contributed by atoms with Gasteiger partial charge < -0.3 is 5.32 Å². The second-order valence-electron chi connectivity index (χ2n) is 4.98. The van der Waals surface area contributed by atoms with Crippen LogP contribution in [-0.2, 0) is 9.59 Å². The van der Waals surface area contributed by atoms with Crippen LogP contribution in [-0.4, -0.2) is 11.7 Å². The molecule has 7 heteroatoms. The van der Waals surface area contributed by atoms with Crippen molar-refractivity contribution in [1.29, 1.82) is 5.26 Å². The topological polar surface area (TPSA) is 70.0 Å². The minimum absolute atomic E-state index is 0.122. The van der Waals surface area contributed by atoms with E-state index < -0.39 is 17.6 Å². The molecule has 0 heterocycles. The lowest BCUT2D eigenvalue weighted by atomic mass is 9.95. The SMILES string of the molecule is Cc1cc(Cl)ccc1NC(=O)C(=O)C(C#N)c1c(Cl)cccc1Cl. The number of rotatable bonds is 4. The molecule has 0 fully saturated rings. The van der Waals surface area contributed by atoms with Crippen molar-refractivity contribution in [3.63, 3.8) is 0 Å². The largest absolute Gasteiger partial charge is 0.319 e. The number of halogens is 3. The second-order valence-corrected chi connectivity index (χ2v) is 6.23. The van der Waals surface area contributed by atoms with E-state index in [4.69, 9.17) is 34.8 Å². The zero-order valence-corrected chi connectivity index (χ0v) is 14.7. The van der Waals surface area contributed by atoms with Gasteiger partial charge in [0.25, 0.3) is 5.91 Å². The van der Waals surface area contributed by atoms with Gasteiger partial charge in [0.2, 0.25) is 5.78 Å². The summed E-state index contributed by atoms with van der Waals surface area (Å²) >= 11 is 17.9. The van der Waals surface area contributed by atoms with Crippen molar-refractivity contribution in [3.8, 4) is 6.07 Å². The monoisotopic (exact) mass is 380 g/mol. The lowest BCUT2D eigenvalue weighted by Crippen LogP contribution is -2.28. The number of carbonyl (C=O) groups excluding carboxylic acids is 2. The first-order valence-electron chi connectivity index (χ1n) is 6.80. The summed E-state index contributed by atoms with van der Waals surface area (Å²) in [6, 6.07) is 11.2. The van der Waals surface area contributed by atoms with Crippen molar-refractivity contribution < 1.29 is 9.59 Å². The third kappa shape index (κ3) is 3.88. The number of ketones is 1. The van der Waals surface area contributed by atoms with Crippen molar-refractivity contribution in [2.24, 2.45) is 0 Å². The average Bonchev–Trinajstić information content (AvgIpc) is 2.53. The number of hydrogen-bond donors (Lipinski definition) is 1. The molecule has 4 nitrogen and oxygen atoms in total. The normalized spacial score (nSPS) is 11.5. The fourth-order valence-electron chi connectivity index (χ4n) is 2.12. The fourth-order valence-corrected chi connectivity index (χ4v) is 2.97. The van der Waals surface area contributed by atoms with Crippen LogP contribution in [0.2, 0.25) is 15.1 Å². The molecule has 2 aromatic rings. The molecule has 0 aliphatic rings. The third-order valence-corrected chi connectivity index (χ3v) is 4.23. The molecule has 0 spiro atoms. The standard InChI is InChI=1S/C17H11Cl3N2O2/c1-9-7-10(18)5-6-14(9)22-17(24)16(23)11(8-21)15-12(19)3-2-4-13(15)20/h2-7,11H,1H3,(H,22,24). The Kier molecular flexibility index (Phi) is 5.84. The van der Waals surface area contributed by atoms with Crippen molar-refractivity contribution >= 4 is 52.2 Å². The predicted octanol–water partition coefficient (Wildman–Crippen LogP) is 4.77. The van der Waals surface area contributed by atoms with Crippen LogP contribution in [0.25, 0.3) is 0 Å². The number of hydrogen-bond acceptors (Lipinski definition) is 3. The molecule has 0 saturated carbocycles. The number of Topliss-reactive ketones (excluding diaryl/α,β-unsaturated/α-hetero) is 1. The Morgan fingerprint density at radius 3 is 2.29 bits per heavy atom. The molecule has 122 valence electrons. The third-order valence-electron chi connectivity index (χ3n) is 3.34. The van der Waals surface area contributed by atoms with Crippen molar-refractivity contribution in [2.75, 3.05) is 5.32 Å². The summed E-state index contributed by atoms with van der Waals surface area (Å²) in [6.45, 7) is 1.73. The van der Waals surface area contributed by atoms with Gasteiger partial charge in [-0.2, -0.15) is 5.26 Å². The van der Waals surface area contributed by atoms with Gasteiger partial charge in [-0.05, 0) is 42.8 Å². The summed E-state index contributed by atoms with van der Waals surface area (Å²) in [6.07, 6.45) is 0. The number of benzene rings is 2. The van der Waals surface area contributed by atoms with Crippen LogP contribution in [0.15, 0.2) is 36.4 Å². The quantitative estimate of drug-likeness (QED) is 0.775. The van der Waals surface area contributed by atoms with E-state index in [0.717, 1.165) is 0 Å². The number of nitrogens with one attached hydrogen (secondary N) is 1. The Morgan fingerprint density at radius 1 is 1.12 bits per heavy atom. The fraction of sp³-hybridized carbons (Fsp3) is 0.118. The van der Waals surface area contributed by atoms with Gasteiger partial charge in [-0.1, -0.05) is 40.9 Å². The first kappa shape index (κ1) is 18.3. The molecule has 1 N–H and O–H groups in total. The van der Waals surface area contributed by atoms with Gasteiger partial charge in [0, 0.05) is 26.3 Å². The second kappa shape index (κ2) is 7.67. The molecule has 0 radical (unpaired) electrons. The van der Waals surface area contributed by atoms with Gasteiger partial charge in [0.1, 0.15) is 5.92 Å². The smallest absolute Gasteiger partial charge is 0.293 e. The van der Waals surface area contributed by atoms with Crippen LogP contribution >= 0.6 is 34.8 Å². The molecule has 1 amide bonds. The highest BCUT2D eigenvalue weighted by Gasteiger charge is 2.30. The van der Waals surface area contributed by atoms with Crippen molar-refractivity contribution in [2.45, 2.75) is 12.8 Å². The van der Waals surface area contributed by atoms with E-state index in [-0.39, 0.29) is 15.6 Å². The first-order valence-corrected chi connectivity index (χ1v) is 7.93. The number of amides is 1. The number of nitrogens with zero attached hydrogens (tertiary/aromatic N) is 1. The summed E-state index contributed by atoms with van der Waals surface area (Å²) in [4.78, 5) is 24.6. The zero-order valence-electron chi connectivity index (χ0n) is 12.4. The first-order chi connectivity index (χ1) is 11.3.